The maximum absolute atomic E-state index is 12.4. The first-order chi connectivity index (χ1) is 7.87. The Labute approximate surface area is 99.0 Å². The number of alkyl halides is 3. The van der Waals surface area contributed by atoms with Crippen LogP contribution in [0, 0.1) is 5.41 Å². The maximum atomic E-state index is 12.4. The highest BCUT2D eigenvalue weighted by molar-refractivity contribution is 5.29. The molecule has 0 bridgehead atoms. The van der Waals surface area contributed by atoms with Gasteiger partial charge in [-0.1, -0.05) is 19.1 Å². The van der Waals surface area contributed by atoms with Crippen LogP contribution in [0.5, 0.6) is 0 Å². The zero-order valence-electron chi connectivity index (χ0n) is 9.93. The second kappa shape index (κ2) is 4.02. The minimum absolute atomic E-state index is 0.143. The van der Waals surface area contributed by atoms with Crippen LogP contribution in [0.4, 0.5) is 13.2 Å². The molecule has 0 spiro atoms. The molecular weight excluding hydrogens is 227 g/mol. The molecule has 1 aliphatic rings. The molecule has 1 saturated carbocycles. The summed E-state index contributed by atoms with van der Waals surface area (Å²) in [5, 5.41) is 3.20. The first-order valence-corrected chi connectivity index (χ1v) is 5.71. The summed E-state index contributed by atoms with van der Waals surface area (Å²) in [6.45, 7) is 2.16. The largest absolute Gasteiger partial charge is 0.416 e. The molecule has 1 unspecified atom stereocenters. The van der Waals surface area contributed by atoms with Gasteiger partial charge in [-0.15, -0.1) is 0 Å². The zero-order chi connectivity index (χ0) is 12.7. The molecule has 1 atom stereocenters. The van der Waals surface area contributed by atoms with Gasteiger partial charge in [0, 0.05) is 6.04 Å². The number of benzene rings is 1. The van der Waals surface area contributed by atoms with E-state index >= 15 is 0 Å². The summed E-state index contributed by atoms with van der Waals surface area (Å²) in [5.41, 5.74) is 0.548. The van der Waals surface area contributed by atoms with Gasteiger partial charge in [-0.2, -0.15) is 13.2 Å². The van der Waals surface area contributed by atoms with Crippen molar-refractivity contribution in [2.75, 3.05) is 7.05 Å². The Bertz CT molecular complexity index is 390. The molecule has 1 aliphatic carbocycles. The van der Waals surface area contributed by atoms with Crippen LogP contribution in [0.2, 0.25) is 0 Å². The second-order valence-electron chi connectivity index (χ2n) is 5.00. The Kier molecular flexibility index (Phi) is 2.94. The first kappa shape index (κ1) is 12.4. The number of nitrogens with one attached hydrogen (secondary N) is 1. The normalized spacial score (nSPS) is 20.1. The van der Waals surface area contributed by atoms with E-state index in [-0.39, 0.29) is 11.5 Å². The molecule has 4 heteroatoms. The Morgan fingerprint density at radius 2 is 1.71 bits per heavy atom. The molecule has 2 rings (SSSR count). The lowest BCUT2D eigenvalue weighted by Crippen LogP contribution is -2.24. The van der Waals surface area contributed by atoms with Gasteiger partial charge in [0.25, 0.3) is 0 Å². The van der Waals surface area contributed by atoms with E-state index in [1.807, 2.05) is 7.05 Å². The van der Waals surface area contributed by atoms with Gasteiger partial charge in [0.2, 0.25) is 0 Å². The summed E-state index contributed by atoms with van der Waals surface area (Å²) in [6.07, 6.45) is -2.00. The Hall–Kier alpha value is -1.03. The van der Waals surface area contributed by atoms with Crippen molar-refractivity contribution in [1.29, 1.82) is 0 Å². The van der Waals surface area contributed by atoms with Gasteiger partial charge in [-0.3, -0.25) is 0 Å². The third-order valence-corrected chi connectivity index (χ3v) is 3.60. The number of hydrogen-bond acceptors (Lipinski definition) is 1. The molecule has 0 heterocycles. The van der Waals surface area contributed by atoms with Crippen LogP contribution in [0.25, 0.3) is 0 Å². The lowest BCUT2D eigenvalue weighted by atomic mass is 9.91. The predicted octanol–water partition coefficient (Wildman–Crippen LogP) is 3.77. The highest BCUT2D eigenvalue weighted by Gasteiger charge is 2.44. The van der Waals surface area contributed by atoms with Crippen molar-refractivity contribution in [3.8, 4) is 0 Å². The molecule has 0 aromatic heterocycles. The van der Waals surface area contributed by atoms with Crippen molar-refractivity contribution in [1.82, 2.24) is 5.32 Å². The van der Waals surface area contributed by atoms with Crippen molar-refractivity contribution in [2.45, 2.75) is 32.0 Å². The molecule has 17 heavy (non-hydrogen) atoms. The fourth-order valence-corrected chi connectivity index (χ4v) is 2.27. The maximum Gasteiger partial charge on any atom is 0.416 e. The average molecular weight is 243 g/mol. The Morgan fingerprint density at radius 1 is 1.18 bits per heavy atom. The molecule has 0 amide bonds. The molecule has 94 valence electrons. The molecule has 0 aliphatic heterocycles. The van der Waals surface area contributed by atoms with Gasteiger partial charge in [0.1, 0.15) is 0 Å². The van der Waals surface area contributed by atoms with E-state index in [4.69, 9.17) is 0 Å². The van der Waals surface area contributed by atoms with E-state index in [1.165, 1.54) is 0 Å². The van der Waals surface area contributed by atoms with Gasteiger partial charge in [-0.25, -0.2) is 0 Å². The van der Waals surface area contributed by atoms with Crippen LogP contribution in [0.15, 0.2) is 24.3 Å². The molecule has 1 fully saturated rings. The summed E-state index contributed by atoms with van der Waals surface area (Å²) < 4.78 is 37.3. The molecule has 1 aromatic carbocycles. The fourth-order valence-electron chi connectivity index (χ4n) is 2.27. The average Bonchev–Trinajstić information content (AvgIpc) is 2.97. The lowest BCUT2D eigenvalue weighted by molar-refractivity contribution is -0.137. The van der Waals surface area contributed by atoms with Crippen LogP contribution in [0.3, 0.4) is 0 Å². The third-order valence-electron chi connectivity index (χ3n) is 3.60. The molecule has 0 saturated heterocycles. The van der Waals surface area contributed by atoms with Crippen LogP contribution in [-0.2, 0) is 6.18 Å². The van der Waals surface area contributed by atoms with E-state index in [9.17, 15) is 13.2 Å². The lowest BCUT2D eigenvalue weighted by Gasteiger charge is -2.23. The van der Waals surface area contributed by atoms with Gasteiger partial charge in [0.15, 0.2) is 0 Å². The van der Waals surface area contributed by atoms with E-state index in [0.717, 1.165) is 30.5 Å². The summed E-state index contributed by atoms with van der Waals surface area (Å²) in [4.78, 5) is 0. The van der Waals surface area contributed by atoms with Crippen molar-refractivity contribution in [3.63, 3.8) is 0 Å². The Morgan fingerprint density at radius 3 is 2.06 bits per heavy atom. The van der Waals surface area contributed by atoms with E-state index < -0.39 is 11.7 Å². The number of hydrogen-bond donors (Lipinski definition) is 1. The highest BCUT2D eigenvalue weighted by Crippen LogP contribution is 2.54. The first-order valence-electron chi connectivity index (χ1n) is 5.71. The minimum atomic E-state index is -4.25. The van der Waals surface area contributed by atoms with Crippen molar-refractivity contribution in [3.05, 3.63) is 35.4 Å². The molecule has 1 aromatic rings. The highest BCUT2D eigenvalue weighted by atomic mass is 19.4. The van der Waals surface area contributed by atoms with Crippen LogP contribution in [-0.4, -0.2) is 7.05 Å². The smallest absolute Gasteiger partial charge is 0.313 e. The van der Waals surface area contributed by atoms with E-state index in [0.29, 0.717) is 0 Å². The zero-order valence-corrected chi connectivity index (χ0v) is 9.93. The fraction of sp³-hybridized carbons (Fsp3) is 0.538. The third kappa shape index (κ3) is 2.46. The van der Waals surface area contributed by atoms with Crippen LogP contribution in [0.1, 0.15) is 36.9 Å². The quantitative estimate of drug-likeness (QED) is 0.852. The second-order valence-corrected chi connectivity index (χ2v) is 5.00. The molecule has 1 nitrogen and oxygen atoms in total. The summed E-state index contributed by atoms with van der Waals surface area (Å²) in [5.74, 6) is 0. The molecule has 1 N–H and O–H groups in total. The topological polar surface area (TPSA) is 12.0 Å². The van der Waals surface area contributed by atoms with Gasteiger partial charge < -0.3 is 5.32 Å². The summed E-state index contributed by atoms with van der Waals surface area (Å²) in [7, 11) is 1.85. The standard InChI is InChI=1S/C13H16F3N/c1-12(7-8-12)11(17-2)9-3-5-10(6-4-9)13(14,15)16/h3-6,11,17H,7-8H2,1-2H3. The van der Waals surface area contributed by atoms with Gasteiger partial charge in [0.05, 0.1) is 5.56 Å². The van der Waals surface area contributed by atoms with E-state index in [2.05, 4.69) is 12.2 Å². The minimum Gasteiger partial charge on any atom is -0.313 e. The number of halogens is 3. The van der Waals surface area contributed by atoms with Crippen molar-refractivity contribution < 1.29 is 13.2 Å². The van der Waals surface area contributed by atoms with Crippen LogP contribution < -0.4 is 5.32 Å². The Balaban J connectivity index is 2.23. The SMILES string of the molecule is CNC(c1ccc(C(F)(F)F)cc1)C1(C)CC1. The molecular formula is C13H16F3N. The number of rotatable bonds is 3. The van der Waals surface area contributed by atoms with Crippen LogP contribution >= 0.6 is 0 Å². The monoisotopic (exact) mass is 243 g/mol. The van der Waals surface area contributed by atoms with Crippen molar-refractivity contribution in [2.24, 2.45) is 5.41 Å². The molecule has 0 radical (unpaired) electrons. The summed E-state index contributed by atoms with van der Waals surface area (Å²) >= 11 is 0. The van der Waals surface area contributed by atoms with Crippen molar-refractivity contribution >= 4 is 0 Å². The van der Waals surface area contributed by atoms with Gasteiger partial charge >= 0.3 is 6.18 Å². The van der Waals surface area contributed by atoms with E-state index in [1.54, 1.807) is 12.1 Å². The van der Waals surface area contributed by atoms with Gasteiger partial charge in [-0.05, 0) is 43.0 Å². The summed E-state index contributed by atoms with van der Waals surface area (Å²) in [6, 6.07) is 5.61. The predicted molar refractivity (Wildman–Crippen MR) is 60.6 cm³/mol.